The summed E-state index contributed by atoms with van der Waals surface area (Å²) in [6, 6.07) is 6.28. The summed E-state index contributed by atoms with van der Waals surface area (Å²) in [5, 5.41) is 0.903. The molecule has 28 heavy (non-hydrogen) atoms. The van der Waals surface area contributed by atoms with Gasteiger partial charge in [-0.3, -0.25) is 14.5 Å². The summed E-state index contributed by atoms with van der Waals surface area (Å²) in [6.07, 6.45) is 0.974. The summed E-state index contributed by atoms with van der Waals surface area (Å²) in [5.74, 6) is -0.183. The Bertz CT molecular complexity index is 909. The van der Waals surface area contributed by atoms with Crippen molar-refractivity contribution in [2.75, 3.05) is 33.4 Å². The summed E-state index contributed by atoms with van der Waals surface area (Å²) >= 11 is 0. The molecule has 6 heteroatoms. The van der Waals surface area contributed by atoms with Crippen molar-refractivity contribution in [3.8, 4) is 0 Å². The number of nitrogens with zero attached hydrogens (tertiary/aromatic N) is 2. The number of pyridine rings is 1. The monoisotopic (exact) mass is 385 g/mol. The number of H-pyrrole nitrogens is 1. The van der Waals surface area contributed by atoms with Gasteiger partial charge in [0.2, 0.25) is 0 Å². The number of aryl methyl sites for hydroxylation is 2. The van der Waals surface area contributed by atoms with E-state index < -0.39 is 0 Å². The second kappa shape index (κ2) is 8.45. The minimum atomic E-state index is -0.313. The first-order chi connectivity index (χ1) is 13.3. The minimum Gasteiger partial charge on any atom is -0.385 e. The van der Waals surface area contributed by atoms with Crippen LogP contribution in [0, 0.1) is 13.8 Å². The molecule has 1 aliphatic heterocycles. The zero-order valence-electron chi connectivity index (χ0n) is 17.5. The van der Waals surface area contributed by atoms with E-state index in [-0.39, 0.29) is 29.1 Å². The van der Waals surface area contributed by atoms with Crippen molar-refractivity contribution in [3.05, 3.63) is 45.2 Å². The van der Waals surface area contributed by atoms with Gasteiger partial charge < -0.3 is 14.6 Å². The second-order valence-corrected chi connectivity index (χ2v) is 8.05. The van der Waals surface area contributed by atoms with Gasteiger partial charge in [0.05, 0.1) is 5.52 Å². The average Bonchev–Trinajstić information content (AvgIpc) is 2.63. The van der Waals surface area contributed by atoms with Crippen LogP contribution in [0.15, 0.2) is 23.0 Å². The van der Waals surface area contributed by atoms with Crippen LogP contribution < -0.4 is 5.56 Å². The zero-order chi connectivity index (χ0) is 20.4. The number of piperazine rings is 1. The van der Waals surface area contributed by atoms with Crippen LogP contribution in [0.5, 0.6) is 0 Å². The van der Waals surface area contributed by atoms with Gasteiger partial charge in [-0.05, 0) is 57.2 Å². The number of aromatic nitrogens is 1. The van der Waals surface area contributed by atoms with Crippen LogP contribution in [-0.2, 0) is 4.74 Å². The number of hydrogen-bond donors (Lipinski definition) is 1. The molecule has 2 aromatic rings. The molecule has 6 nitrogen and oxygen atoms in total. The van der Waals surface area contributed by atoms with E-state index in [4.69, 9.17) is 4.74 Å². The highest BCUT2D eigenvalue weighted by atomic mass is 16.5. The van der Waals surface area contributed by atoms with E-state index in [1.165, 1.54) is 0 Å². The molecule has 1 saturated heterocycles. The summed E-state index contributed by atoms with van der Waals surface area (Å²) in [7, 11) is 1.72. The molecule has 0 saturated carbocycles. The largest absolute Gasteiger partial charge is 0.385 e. The quantitative estimate of drug-likeness (QED) is 0.804. The number of methoxy groups -OCH3 is 1. The van der Waals surface area contributed by atoms with Crippen molar-refractivity contribution in [3.63, 3.8) is 0 Å². The van der Waals surface area contributed by atoms with Crippen molar-refractivity contribution in [1.29, 1.82) is 0 Å². The third kappa shape index (κ3) is 4.13. The normalized spacial score (nSPS) is 20.7. The molecule has 1 N–H and O–H groups in total. The molecule has 0 bridgehead atoms. The third-order valence-corrected chi connectivity index (χ3v) is 5.68. The summed E-state index contributed by atoms with van der Waals surface area (Å²) < 4.78 is 5.16. The number of aromatic amines is 1. The lowest BCUT2D eigenvalue weighted by molar-refractivity contribution is 0.0269. The number of fused-ring (bicyclic) bond motifs is 1. The Morgan fingerprint density at radius 2 is 1.86 bits per heavy atom. The Balaban J connectivity index is 1.83. The highest BCUT2D eigenvalue weighted by Gasteiger charge is 2.32. The van der Waals surface area contributed by atoms with Gasteiger partial charge in [-0.15, -0.1) is 0 Å². The number of nitrogens with one attached hydrogen (secondary N) is 1. The van der Waals surface area contributed by atoms with Crippen molar-refractivity contribution in [1.82, 2.24) is 14.8 Å². The van der Waals surface area contributed by atoms with Gasteiger partial charge in [-0.25, -0.2) is 0 Å². The van der Waals surface area contributed by atoms with Crippen LogP contribution in [0.1, 0.15) is 41.8 Å². The van der Waals surface area contributed by atoms with E-state index in [1.807, 2.05) is 30.9 Å². The maximum Gasteiger partial charge on any atom is 0.261 e. The Labute approximate surface area is 166 Å². The van der Waals surface area contributed by atoms with E-state index in [9.17, 15) is 9.59 Å². The third-order valence-electron chi connectivity index (χ3n) is 5.68. The average molecular weight is 386 g/mol. The fraction of sp³-hybridized carbons (Fsp3) is 0.545. The van der Waals surface area contributed by atoms with Gasteiger partial charge in [-0.1, -0.05) is 11.6 Å². The molecule has 1 aromatic heterocycles. The van der Waals surface area contributed by atoms with Crippen LogP contribution in [0.4, 0.5) is 0 Å². The Kier molecular flexibility index (Phi) is 6.20. The predicted octanol–water partition coefficient (Wildman–Crippen LogP) is 2.72. The van der Waals surface area contributed by atoms with Gasteiger partial charge in [0.15, 0.2) is 0 Å². The number of amides is 1. The lowest BCUT2D eigenvalue weighted by Gasteiger charge is -2.44. The molecule has 1 fully saturated rings. The number of rotatable bonds is 5. The number of carbonyl (C=O) groups excluding carboxylic acids is 1. The van der Waals surface area contributed by atoms with Crippen LogP contribution in [0.3, 0.4) is 0 Å². The lowest BCUT2D eigenvalue weighted by atomic mass is 10.0. The molecule has 2 unspecified atom stereocenters. The maximum atomic E-state index is 13.2. The molecule has 0 radical (unpaired) electrons. The van der Waals surface area contributed by atoms with Gasteiger partial charge in [0.1, 0.15) is 5.56 Å². The van der Waals surface area contributed by atoms with E-state index in [1.54, 1.807) is 13.2 Å². The molecule has 1 aromatic carbocycles. The first-order valence-electron chi connectivity index (χ1n) is 10.00. The SMILES string of the molecule is COCCCN1C(C)CN(C(=O)c2cc3cc(C)cc(C)c3[nH]c2=O)CC1C. The summed E-state index contributed by atoms with van der Waals surface area (Å²) in [6.45, 7) is 11.2. The molecule has 1 aliphatic rings. The Morgan fingerprint density at radius 3 is 2.50 bits per heavy atom. The fourth-order valence-corrected chi connectivity index (χ4v) is 4.37. The van der Waals surface area contributed by atoms with Crippen LogP contribution in [0.2, 0.25) is 0 Å². The van der Waals surface area contributed by atoms with Crippen molar-refractivity contribution >= 4 is 16.8 Å². The number of benzene rings is 1. The van der Waals surface area contributed by atoms with Crippen molar-refractivity contribution in [2.24, 2.45) is 0 Å². The van der Waals surface area contributed by atoms with E-state index in [2.05, 4.69) is 23.7 Å². The van der Waals surface area contributed by atoms with E-state index in [0.717, 1.165) is 41.6 Å². The number of ether oxygens (including phenoxy) is 1. The molecule has 3 rings (SSSR count). The molecule has 0 spiro atoms. The van der Waals surface area contributed by atoms with Crippen LogP contribution in [0.25, 0.3) is 10.9 Å². The topological polar surface area (TPSA) is 65.6 Å². The van der Waals surface area contributed by atoms with Crippen LogP contribution >= 0.6 is 0 Å². The molecule has 2 heterocycles. The van der Waals surface area contributed by atoms with Gasteiger partial charge in [-0.2, -0.15) is 0 Å². The maximum absolute atomic E-state index is 13.2. The minimum absolute atomic E-state index is 0.183. The molecule has 0 aliphatic carbocycles. The summed E-state index contributed by atoms with van der Waals surface area (Å²) in [5.41, 5.74) is 2.84. The number of hydrogen-bond acceptors (Lipinski definition) is 4. The molecular weight excluding hydrogens is 354 g/mol. The molecule has 1 amide bonds. The first-order valence-corrected chi connectivity index (χ1v) is 10.00. The second-order valence-electron chi connectivity index (χ2n) is 8.05. The first kappa shape index (κ1) is 20.6. The molecule has 2 atom stereocenters. The summed E-state index contributed by atoms with van der Waals surface area (Å²) in [4.78, 5) is 32.9. The predicted molar refractivity (Wildman–Crippen MR) is 112 cm³/mol. The fourth-order valence-electron chi connectivity index (χ4n) is 4.37. The highest BCUT2D eigenvalue weighted by Crippen LogP contribution is 2.21. The van der Waals surface area contributed by atoms with Crippen molar-refractivity contribution < 1.29 is 9.53 Å². The number of carbonyl (C=O) groups is 1. The van der Waals surface area contributed by atoms with Crippen molar-refractivity contribution in [2.45, 2.75) is 46.2 Å². The zero-order valence-corrected chi connectivity index (χ0v) is 17.5. The van der Waals surface area contributed by atoms with Crippen LogP contribution in [-0.4, -0.2) is 66.1 Å². The van der Waals surface area contributed by atoms with E-state index >= 15 is 0 Å². The Hall–Kier alpha value is -2.18. The molecular formula is C22H31N3O3. The molecule has 152 valence electrons. The Morgan fingerprint density at radius 1 is 1.18 bits per heavy atom. The standard InChI is InChI=1S/C22H31N3O3/c1-14-9-15(2)20-18(10-14)11-19(21(26)23-20)22(27)24-12-16(3)25(17(4)13-24)7-6-8-28-5/h9-11,16-17H,6-8,12-13H2,1-5H3,(H,23,26). The lowest BCUT2D eigenvalue weighted by Crippen LogP contribution is -2.58. The van der Waals surface area contributed by atoms with Gasteiger partial charge >= 0.3 is 0 Å². The van der Waals surface area contributed by atoms with E-state index in [0.29, 0.717) is 13.1 Å². The van der Waals surface area contributed by atoms with Gasteiger partial charge in [0, 0.05) is 45.4 Å². The van der Waals surface area contributed by atoms with Gasteiger partial charge in [0.25, 0.3) is 11.5 Å². The smallest absolute Gasteiger partial charge is 0.261 e. The highest BCUT2D eigenvalue weighted by molar-refractivity contribution is 5.97.